The van der Waals surface area contributed by atoms with Crippen LogP contribution in [0.3, 0.4) is 0 Å². The van der Waals surface area contributed by atoms with E-state index in [0.29, 0.717) is 0 Å². The van der Waals surface area contributed by atoms with Crippen molar-refractivity contribution in [2.45, 2.75) is 52.4 Å². The van der Waals surface area contributed by atoms with Gasteiger partial charge < -0.3 is 15.5 Å². The largest absolute Gasteiger partial charge is 0.356 e. The van der Waals surface area contributed by atoms with Crippen LogP contribution in [-0.4, -0.2) is 50.6 Å². The Hall–Kier alpha value is -0.770. The van der Waals surface area contributed by atoms with Gasteiger partial charge in [0.15, 0.2) is 5.96 Å². The minimum absolute atomic E-state index is 0.753. The average molecular weight is 282 g/mol. The summed E-state index contributed by atoms with van der Waals surface area (Å²) in [5.41, 5.74) is 0. The van der Waals surface area contributed by atoms with E-state index < -0.39 is 0 Å². The van der Waals surface area contributed by atoms with Crippen LogP contribution in [-0.2, 0) is 0 Å². The van der Waals surface area contributed by atoms with Gasteiger partial charge >= 0.3 is 0 Å². The van der Waals surface area contributed by atoms with Crippen molar-refractivity contribution in [1.29, 1.82) is 0 Å². The van der Waals surface area contributed by atoms with E-state index in [-0.39, 0.29) is 0 Å². The lowest BCUT2D eigenvalue weighted by Gasteiger charge is -2.17. The van der Waals surface area contributed by atoms with Gasteiger partial charge in [-0.05, 0) is 51.2 Å². The van der Waals surface area contributed by atoms with Gasteiger partial charge in [-0.2, -0.15) is 0 Å². The first-order valence-electron chi connectivity index (χ1n) is 8.47. The standard InChI is InChI=1S/C16H34N4/c1-4-15(5-2)14-19-16(17-3)18-10-6-7-11-20-12-8-9-13-20/h15H,4-14H2,1-3H3,(H2,17,18,19). The minimum atomic E-state index is 0.753. The second kappa shape index (κ2) is 11.0. The number of nitrogens with zero attached hydrogens (tertiary/aromatic N) is 2. The molecule has 2 N–H and O–H groups in total. The van der Waals surface area contributed by atoms with Crippen molar-refractivity contribution >= 4 is 5.96 Å². The first-order valence-corrected chi connectivity index (χ1v) is 8.47. The number of hydrogen-bond donors (Lipinski definition) is 2. The molecular formula is C16H34N4. The monoisotopic (exact) mass is 282 g/mol. The molecule has 0 saturated carbocycles. The number of aliphatic imine (C=N–C) groups is 1. The molecule has 1 heterocycles. The zero-order valence-corrected chi connectivity index (χ0v) is 13.7. The third-order valence-corrected chi connectivity index (χ3v) is 4.33. The molecule has 0 unspecified atom stereocenters. The molecule has 1 saturated heterocycles. The number of unbranched alkanes of at least 4 members (excludes halogenated alkanes) is 1. The molecule has 0 radical (unpaired) electrons. The second-order valence-electron chi connectivity index (χ2n) is 5.82. The van der Waals surface area contributed by atoms with Gasteiger partial charge in [0.25, 0.3) is 0 Å². The Balaban J connectivity index is 2.02. The number of likely N-dealkylation sites (tertiary alicyclic amines) is 1. The molecule has 1 aliphatic heterocycles. The van der Waals surface area contributed by atoms with Crippen LogP contribution in [0.15, 0.2) is 4.99 Å². The summed E-state index contributed by atoms with van der Waals surface area (Å²) in [5, 5.41) is 6.85. The van der Waals surface area contributed by atoms with E-state index >= 15 is 0 Å². The van der Waals surface area contributed by atoms with Crippen LogP contribution in [0.5, 0.6) is 0 Å². The fourth-order valence-corrected chi connectivity index (χ4v) is 2.71. The molecule has 0 aromatic carbocycles. The normalized spacial score (nSPS) is 16.9. The highest BCUT2D eigenvalue weighted by Crippen LogP contribution is 2.08. The molecule has 1 aliphatic rings. The summed E-state index contributed by atoms with van der Waals surface area (Å²) >= 11 is 0. The smallest absolute Gasteiger partial charge is 0.190 e. The molecule has 1 fully saturated rings. The van der Waals surface area contributed by atoms with E-state index in [9.17, 15) is 0 Å². The molecule has 118 valence electrons. The molecule has 0 aromatic rings. The topological polar surface area (TPSA) is 39.7 Å². The molecule has 1 rings (SSSR count). The fraction of sp³-hybridized carbons (Fsp3) is 0.938. The average Bonchev–Trinajstić information content (AvgIpc) is 2.99. The van der Waals surface area contributed by atoms with Gasteiger partial charge in [-0.3, -0.25) is 4.99 Å². The summed E-state index contributed by atoms with van der Waals surface area (Å²) in [7, 11) is 1.85. The Kier molecular flexibility index (Phi) is 9.46. The molecule has 20 heavy (non-hydrogen) atoms. The van der Waals surface area contributed by atoms with Gasteiger partial charge in [0.1, 0.15) is 0 Å². The predicted octanol–water partition coefficient (Wildman–Crippen LogP) is 2.46. The summed E-state index contributed by atoms with van der Waals surface area (Å²) in [5.74, 6) is 1.71. The van der Waals surface area contributed by atoms with Crippen molar-refractivity contribution in [3.05, 3.63) is 0 Å². The third kappa shape index (κ3) is 7.13. The lowest BCUT2D eigenvalue weighted by molar-refractivity contribution is 0.330. The molecule has 0 aromatic heterocycles. The van der Waals surface area contributed by atoms with Crippen molar-refractivity contribution in [3.8, 4) is 0 Å². The number of rotatable bonds is 9. The summed E-state index contributed by atoms with van der Waals surface area (Å²) in [6.07, 6.45) is 7.76. The molecular weight excluding hydrogens is 248 g/mol. The molecule has 0 atom stereocenters. The Labute approximate surface area is 125 Å². The van der Waals surface area contributed by atoms with Gasteiger partial charge in [-0.1, -0.05) is 26.7 Å². The number of hydrogen-bond acceptors (Lipinski definition) is 2. The highest BCUT2D eigenvalue weighted by molar-refractivity contribution is 5.79. The van der Waals surface area contributed by atoms with Crippen LogP contribution in [0.4, 0.5) is 0 Å². The van der Waals surface area contributed by atoms with Gasteiger partial charge in [-0.25, -0.2) is 0 Å². The van der Waals surface area contributed by atoms with Crippen molar-refractivity contribution in [2.75, 3.05) is 39.8 Å². The highest BCUT2D eigenvalue weighted by atomic mass is 15.2. The zero-order chi connectivity index (χ0) is 14.6. The quantitative estimate of drug-likeness (QED) is 0.388. The Morgan fingerprint density at radius 3 is 2.40 bits per heavy atom. The van der Waals surface area contributed by atoms with Crippen LogP contribution < -0.4 is 10.6 Å². The number of nitrogens with one attached hydrogen (secondary N) is 2. The lowest BCUT2D eigenvalue weighted by Crippen LogP contribution is -2.40. The molecule has 4 nitrogen and oxygen atoms in total. The van der Waals surface area contributed by atoms with Crippen molar-refractivity contribution in [1.82, 2.24) is 15.5 Å². The number of guanidine groups is 1. The zero-order valence-electron chi connectivity index (χ0n) is 13.7. The van der Waals surface area contributed by atoms with E-state index in [1.54, 1.807) is 0 Å². The SMILES string of the molecule is CCC(CC)CNC(=NC)NCCCCN1CCCC1. The van der Waals surface area contributed by atoms with Gasteiger partial charge in [-0.15, -0.1) is 0 Å². The van der Waals surface area contributed by atoms with E-state index in [4.69, 9.17) is 0 Å². The van der Waals surface area contributed by atoms with Crippen LogP contribution >= 0.6 is 0 Å². The highest BCUT2D eigenvalue weighted by Gasteiger charge is 2.10. The first-order chi connectivity index (χ1) is 9.80. The summed E-state index contributed by atoms with van der Waals surface area (Å²) < 4.78 is 0. The molecule has 0 aliphatic carbocycles. The Morgan fingerprint density at radius 2 is 1.80 bits per heavy atom. The van der Waals surface area contributed by atoms with Crippen LogP contribution in [0.25, 0.3) is 0 Å². The lowest BCUT2D eigenvalue weighted by atomic mass is 10.0. The molecule has 0 bridgehead atoms. The van der Waals surface area contributed by atoms with Gasteiger partial charge in [0.2, 0.25) is 0 Å². The van der Waals surface area contributed by atoms with Gasteiger partial charge in [0.05, 0.1) is 0 Å². The van der Waals surface area contributed by atoms with Crippen molar-refractivity contribution in [3.63, 3.8) is 0 Å². The second-order valence-corrected chi connectivity index (χ2v) is 5.82. The Morgan fingerprint density at radius 1 is 1.10 bits per heavy atom. The molecule has 4 heteroatoms. The third-order valence-electron chi connectivity index (χ3n) is 4.33. The van der Waals surface area contributed by atoms with Gasteiger partial charge in [0, 0.05) is 20.1 Å². The first kappa shape index (κ1) is 17.3. The van der Waals surface area contributed by atoms with Crippen LogP contribution in [0.2, 0.25) is 0 Å². The van der Waals surface area contributed by atoms with Crippen molar-refractivity contribution in [2.24, 2.45) is 10.9 Å². The van der Waals surface area contributed by atoms with E-state index in [1.807, 2.05) is 7.05 Å². The van der Waals surface area contributed by atoms with Crippen LogP contribution in [0.1, 0.15) is 52.4 Å². The summed E-state index contributed by atoms with van der Waals surface area (Å²) in [6, 6.07) is 0. The predicted molar refractivity (Wildman–Crippen MR) is 88.3 cm³/mol. The summed E-state index contributed by atoms with van der Waals surface area (Å²) in [6.45, 7) is 10.4. The van der Waals surface area contributed by atoms with Crippen LogP contribution in [0, 0.1) is 5.92 Å². The maximum Gasteiger partial charge on any atom is 0.190 e. The maximum absolute atomic E-state index is 4.29. The minimum Gasteiger partial charge on any atom is -0.356 e. The van der Waals surface area contributed by atoms with Crippen molar-refractivity contribution < 1.29 is 0 Å². The van der Waals surface area contributed by atoms with E-state index in [1.165, 1.54) is 58.2 Å². The molecule has 0 spiro atoms. The van der Waals surface area contributed by atoms with E-state index in [2.05, 4.69) is 34.4 Å². The summed E-state index contributed by atoms with van der Waals surface area (Å²) in [4.78, 5) is 6.87. The fourth-order valence-electron chi connectivity index (χ4n) is 2.71. The maximum atomic E-state index is 4.29. The molecule has 0 amide bonds. The Bertz CT molecular complexity index is 255. The van der Waals surface area contributed by atoms with E-state index in [0.717, 1.165) is 25.0 Å².